The van der Waals surface area contributed by atoms with Crippen LogP contribution in [0.15, 0.2) is 58.7 Å². The monoisotopic (exact) mass is 590 g/mol. The summed E-state index contributed by atoms with van der Waals surface area (Å²) in [7, 11) is 4.56. The Bertz CT molecular complexity index is 1200. The van der Waals surface area contributed by atoms with Crippen LogP contribution in [0.2, 0.25) is 0 Å². The van der Waals surface area contributed by atoms with Crippen LogP contribution in [0.25, 0.3) is 0 Å². The summed E-state index contributed by atoms with van der Waals surface area (Å²) in [5.74, 6) is 1.38. The first-order valence-corrected chi connectivity index (χ1v) is 17.9. The van der Waals surface area contributed by atoms with Crippen LogP contribution < -0.4 is 0 Å². The number of rotatable bonds is 0. The fourth-order valence-electron chi connectivity index (χ4n) is 11.1. The lowest BCUT2D eigenvalue weighted by molar-refractivity contribution is -0.107. The predicted octanol–water partition coefficient (Wildman–Crippen LogP) is 6.59. The van der Waals surface area contributed by atoms with Crippen LogP contribution in [-0.2, 0) is 4.74 Å². The number of aliphatic hydroxyl groups is 2. The molecular weight excluding hydrogens is 532 g/mol. The Morgan fingerprint density at radius 2 is 1.56 bits per heavy atom. The Morgan fingerprint density at radius 3 is 2.37 bits per heavy atom. The van der Waals surface area contributed by atoms with E-state index in [0.717, 1.165) is 31.3 Å². The smallest absolute Gasteiger partial charge is 0.110 e. The molecule has 1 saturated carbocycles. The highest BCUT2D eigenvalue weighted by atomic mass is 16.5. The van der Waals surface area contributed by atoms with Crippen molar-refractivity contribution in [2.24, 2.45) is 22.7 Å². The lowest BCUT2D eigenvalue weighted by atomic mass is 9.51. The van der Waals surface area contributed by atoms with Gasteiger partial charge in [-0.25, -0.2) is 0 Å². The van der Waals surface area contributed by atoms with Gasteiger partial charge in [-0.15, -0.1) is 0 Å². The Balaban J connectivity index is 0.000000139. The molecule has 10 atom stereocenters. The summed E-state index contributed by atoms with van der Waals surface area (Å²) in [5.41, 5.74) is 6.79. The van der Waals surface area contributed by atoms with E-state index in [9.17, 15) is 10.2 Å². The molecule has 3 saturated heterocycles. The highest BCUT2D eigenvalue weighted by Gasteiger charge is 2.66. The van der Waals surface area contributed by atoms with Gasteiger partial charge in [-0.1, -0.05) is 82.6 Å². The van der Waals surface area contributed by atoms with Gasteiger partial charge < -0.3 is 24.7 Å². The fraction of sp³-hybridized carbons (Fsp3) is 0.737. The average molecular weight is 591 g/mol. The molecule has 5 heteroatoms. The zero-order chi connectivity index (χ0) is 30.5. The van der Waals surface area contributed by atoms with Gasteiger partial charge >= 0.3 is 0 Å². The van der Waals surface area contributed by atoms with Crippen molar-refractivity contribution < 1.29 is 14.9 Å². The SMILES string of the molecule is CC.CC.CN1CC[C@]23C4=C5C=C[C@H](O)C4OC2C(O)C=C[C@H]3C1C5.CN1CC[C@]23CCCCC2C1CC1=C3CCC=C1. The van der Waals surface area contributed by atoms with Gasteiger partial charge in [-0.2, -0.15) is 0 Å². The number of allylic oxidation sites excluding steroid dienone is 4. The zero-order valence-electron chi connectivity index (χ0n) is 27.8. The Hall–Kier alpha value is -1.50. The van der Waals surface area contributed by atoms with Gasteiger partial charge in [0, 0.05) is 23.4 Å². The first-order chi connectivity index (χ1) is 20.9. The first-order valence-electron chi connectivity index (χ1n) is 17.9. The van der Waals surface area contributed by atoms with E-state index in [-0.39, 0.29) is 17.6 Å². The molecule has 3 aliphatic heterocycles. The van der Waals surface area contributed by atoms with E-state index in [4.69, 9.17) is 4.74 Å². The van der Waals surface area contributed by atoms with Gasteiger partial charge in [0.2, 0.25) is 0 Å². The molecule has 0 aromatic carbocycles. The maximum Gasteiger partial charge on any atom is 0.110 e. The van der Waals surface area contributed by atoms with Crippen LogP contribution in [0.3, 0.4) is 0 Å². The number of aliphatic hydroxyl groups excluding tert-OH is 2. The number of piperidine rings is 2. The van der Waals surface area contributed by atoms with Gasteiger partial charge in [-0.05, 0) is 107 Å². The van der Waals surface area contributed by atoms with Crippen LogP contribution in [0.4, 0.5) is 0 Å². The third-order valence-electron chi connectivity index (χ3n) is 12.8. The van der Waals surface area contributed by atoms with E-state index in [2.05, 4.69) is 48.2 Å². The second-order valence-electron chi connectivity index (χ2n) is 14.2. The van der Waals surface area contributed by atoms with Gasteiger partial charge in [0.1, 0.15) is 12.2 Å². The van der Waals surface area contributed by atoms with E-state index in [1.165, 1.54) is 69.1 Å². The Kier molecular flexibility index (Phi) is 9.05. The van der Waals surface area contributed by atoms with Gasteiger partial charge in [0.05, 0.1) is 12.2 Å². The number of hydrogen-bond donors (Lipinski definition) is 2. The molecule has 6 aliphatic carbocycles. The molecule has 238 valence electrons. The largest absolute Gasteiger partial charge is 0.386 e. The van der Waals surface area contributed by atoms with Gasteiger partial charge in [-0.3, -0.25) is 0 Å². The predicted molar refractivity (Wildman–Crippen MR) is 176 cm³/mol. The summed E-state index contributed by atoms with van der Waals surface area (Å²) in [5, 5.41) is 20.8. The molecule has 1 spiro atoms. The van der Waals surface area contributed by atoms with Crippen molar-refractivity contribution >= 4 is 0 Å². The van der Waals surface area contributed by atoms with Crippen molar-refractivity contribution in [2.75, 3.05) is 27.2 Å². The normalized spacial score (nSPS) is 44.9. The maximum absolute atomic E-state index is 10.5. The summed E-state index contributed by atoms with van der Waals surface area (Å²) < 4.78 is 6.21. The molecule has 9 rings (SSSR count). The van der Waals surface area contributed by atoms with Crippen molar-refractivity contribution in [3.05, 3.63) is 58.7 Å². The molecule has 4 fully saturated rings. The first kappa shape index (κ1) is 31.5. The number of hydrogen-bond acceptors (Lipinski definition) is 5. The minimum absolute atomic E-state index is 0.102. The number of likely N-dealkylation sites (tertiary alicyclic amines) is 2. The second kappa shape index (κ2) is 12.4. The van der Waals surface area contributed by atoms with E-state index < -0.39 is 12.2 Å². The second-order valence-corrected chi connectivity index (χ2v) is 14.2. The highest BCUT2D eigenvalue weighted by Crippen LogP contribution is 2.64. The molecule has 6 unspecified atom stereocenters. The summed E-state index contributed by atoms with van der Waals surface area (Å²) in [6, 6.07) is 1.33. The molecule has 4 bridgehead atoms. The average Bonchev–Trinajstić information content (AvgIpc) is 3.41. The third-order valence-corrected chi connectivity index (χ3v) is 12.8. The summed E-state index contributed by atoms with van der Waals surface area (Å²) in [6.45, 7) is 10.4. The van der Waals surface area contributed by atoms with Gasteiger partial charge in [0.15, 0.2) is 0 Å². The van der Waals surface area contributed by atoms with Crippen molar-refractivity contribution in [1.29, 1.82) is 0 Å². The summed E-state index contributed by atoms with van der Waals surface area (Å²) in [4.78, 5) is 5.12. The Labute approximate surface area is 261 Å². The molecule has 0 amide bonds. The van der Waals surface area contributed by atoms with E-state index in [0.29, 0.717) is 17.4 Å². The molecule has 0 radical (unpaired) electrons. The van der Waals surface area contributed by atoms with Gasteiger partial charge in [0.25, 0.3) is 0 Å². The molecule has 0 aromatic heterocycles. The zero-order valence-corrected chi connectivity index (χ0v) is 27.8. The van der Waals surface area contributed by atoms with Crippen LogP contribution in [0, 0.1) is 22.7 Å². The van der Waals surface area contributed by atoms with E-state index in [1.54, 1.807) is 5.57 Å². The lowest BCUT2D eigenvalue weighted by Crippen LogP contribution is -2.61. The van der Waals surface area contributed by atoms with Crippen molar-refractivity contribution in [3.8, 4) is 0 Å². The van der Waals surface area contributed by atoms with Crippen LogP contribution >= 0.6 is 0 Å². The highest BCUT2D eigenvalue weighted by molar-refractivity contribution is 5.49. The number of ether oxygens (including phenoxy) is 1. The lowest BCUT2D eigenvalue weighted by Gasteiger charge is -2.59. The van der Waals surface area contributed by atoms with E-state index in [1.807, 2.05) is 45.4 Å². The third kappa shape index (κ3) is 4.66. The number of nitrogens with zero attached hydrogens (tertiary/aromatic N) is 2. The molecule has 3 heterocycles. The fourth-order valence-corrected chi connectivity index (χ4v) is 11.1. The molecule has 5 nitrogen and oxygen atoms in total. The van der Waals surface area contributed by atoms with Crippen molar-refractivity contribution in [2.45, 2.75) is 128 Å². The van der Waals surface area contributed by atoms with E-state index >= 15 is 0 Å². The summed E-state index contributed by atoms with van der Waals surface area (Å²) >= 11 is 0. The minimum atomic E-state index is -0.576. The standard InChI is InChI=1S/C17H21NO3.C17H25N.2C2H6/c1-18-7-6-17-10-3-5-13(20)16(17)21-15-12(19)4-2-9(14(15)17)8-11(10)18;1-18-11-10-17-9-5-4-8-15(17)16(18)12-13-6-2-3-7-14(13)17;2*1-2/h2-5,10-13,15-16,19-20H,6-8H2,1H3;2,6,15-16H,3-5,7-12H2,1H3;2*1-2H3/t10-,11?,12-,13?,15?,16?,17-;15?,16?,17-;;/m00../s1. The topological polar surface area (TPSA) is 56.2 Å². The van der Waals surface area contributed by atoms with Crippen molar-refractivity contribution in [1.82, 2.24) is 9.80 Å². The minimum Gasteiger partial charge on any atom is -0.386 e. The van der Waals surface area contributed by atoms with Crippen LogP contribution in [0.1, 0.15) is 91.9 Å². The molecule has 43 heavy (non-hydrogen) atoms. The van der Waals surface area contributed by atoms with Crippen LogP contribution in [-0.4, -0.2) is 83.7 Å². The summed E-state index contributed by atoms with van der Waals surface area (Å²) in [6.07, 6.45) is 24.8. The molecule has 0 aromatic rings. The maximum atomic E-state index is 10.5. The van der Waals surface area contributed by atoms with Crippen LogP contribution in [0.5, 0.6) is 0 Å². The quantitative estimate of drug-likeness (QED) is 0.312. The molecular formula is C38H58N2O3. The molecule has 9 aliphatic rings. The van der Waals surface area contributed by atoms with Crippen molar-refractivity contribution in [3.63, 3.8) is 0 Å². The Morgan fingerprint density at radius 1 is 0.814 bits per heavy atom. The molecule has 2 N–H and O–H groups in total.